The van der Waals surface area contributed by atoms with Crippen LogP contribution in [0.1, 0.15) is 18.0 Å². The molecule has 0 aromatic heterocycles. The van der Waals surface area contributed by atoms with Crippen LogP contribution in [0, 0.1) is 0 Å². The second kappa shape index (κ2) is 8.68. The molecule has 2 aromatic carbocycles. The van der Waals surface area contributed by atoms with E-state index in [-0.39, 0.29) is 12.2 Å². The van der Waals surface area contributed by atoms with Crippen LogP contribution < -0.4 is 14.8 Å². The molecule has 0 bridgehead atoms. The molecule has 0 aliphatic carbocycles. The number of rotatable bonds is 7. The first kappa shape index (κ1) is 18.9. The summed E-state index contributed by atoms with van der Waals surface area (Å²) in [7, 11) is -1.42. The van der Waals surface area contributed by atoms with Gasteiger partial charge in [0, 0.05) is 23.1 Å². The first-order valence-corrected chi connectivity index (χ1v) is 9.71. The largest absolute Gasteiger partial charge is 0.486 e. The van der Waals surface area contributed by atoms with Gasteiger partial charge in [0.15, 0.2) is 17.5 Å². The predicted octanol–water partition coefficient (Wildman–Crippen LogP) is 1.90. The minimum Gasteiger partial charge on any atom is -0.486 e. The fourth-order valence-corrected chi connectivity index (χ4v) is 3.70. The van der Waals surface area contributed by atoms with Crippen molar-refractivity contribution in [2.75, 3.05) is 19.0 Å². The second-order valence-corrected chi connectivity index (χ2v) is 7.43. The number of carboxylic acids is 1. The summed E-state index contributed by atoms with van der Waals surface area (Å²) in [5.74, 6) is -0.412. The molecule has 0 spiro atoms. The van der Waals surface area contributed by atoms with Crippen molar-refractivity contribution in [3.63, 3.8) is 0 Å². The van der Waals surface area contributed by atoms with E-state index < -0.39 is 28.7 Å². The lowest BCUT2D eigenvalue weighted by Crippen LogP contribution is -2.34. The van der Waals surface area contributed by atoms with Gasteiger partial charge < -0.3 is 19.9 Å². The second-order valence-electron chi connectivity index (χ2n) is 5.85. The molecule has 27 heavy (non-hydrogen) atoms. The van der Waals surface area contributed by atoms with E-state index in [4.69, 9.17) is 9.47 Å². The highest BCUT2D eigenvalue weighted by Gasteiger charge is 2.22. The number of benzene rings is 2. The van der Waals surface area contributed by atoms with Crippen molar-refractivity contribution in [3.8, 4) is 11.5 Å². The minimum absolute atomic E-state index is 0.0579. The molecule has 1 aliphatic heterocycles. The quantitative estimate of drug-likeness (QED) is 0.750. The van der Waals surface area contributed by atoms with E-state index in [0.717, 1.165) is 0 Å². The average molecular weight is 389 g/mol. The molecule has 1 amide bonds. The fraction of sp³-hybridized carbons (Fsp3) is 0.263. The highest BCUT2D eigenvalue weighted by molar-refractivity contribution is 7.85. The summed E-state index contributed by atoms with van der Waals surface area (Å²) in [6.07, 6.45) is -0.0579. The molecule has 0 radical (unpaired) electrons. The molecule has 1 heterocycles. The van der Waals surface area contributed by atoms with E-state index in [9.17, 15) is 18.9 Å². The summed E-state index contributed by atoms with van der Waals surface area (Å²) in [5, 5.41) is 11.8. The van der Waals surface area contributed by atoms with Gasteiger partial charge in [-0.15, -0.1) is 0 Å². The van der Waals surface area contributed by atoms with Gasteiger partial charge in [-0.2, -0.15) is 0 Å². The number of hydrogen-bond acceptors (Lipinski definition) is 5. The maximum atomic E-state index is 12.4. The van der Waals surface area contributed by atoms with Gasteiger partial charge in [0.1, 0.15) is 13.2 Å². The van der Waals surface area contributed by atoms with Crippen LogP contribution in [0.4, 0.5) is 0 Å². The lowest BCUT2D eigenvalue weighted by molar-refractivity contribution is -0.142. The van der Waals surface area contributed by atoms with E-state index in [2.05, 4.69) is 5.32 Å². The van der Waals surface area contributed by atoms with E-state index >= 15 is 0 Å². The van der Waals surface area contributed by atoms with Crippen LogP contribution in [0.15, 0.2) is 53.4 Å². The van der Waals surface area contributed by atoms with Gasteiger partial charge >= 0.3 is 5.97 Å². The lowest BCUT2D eigenvalue weighted by Gasteiger charge is -2.18. The number of aliphatic carboxylic acids is 1. The number of carbonyl (C=O) groups is 2. The number of carboxylic acid groups (broad SMARTS) is 1. The zero-order valence-electron chi connectivity index (χ0n) is 14.4. The van der Waals surface area contributed by atoms with Gasteiger partial charge in [-0.1, -0.05) is 30.3 Å². The van der Waals surface area contributed by atoms with Crippen molar-refractivity contribution in [1.82, 2.24) is 5.32 Å². The van der Waals surface area contributed by atoms with Gasteiger partial charge in [-0.25, -0.2) is 4.79 Å². The Morgan fingerprint density at radius 1 is 1.07 bits per heavy atom. The van der Waals surface area contributed by atoms with Crippen LogP contribution in [0.2, 0.25) is 0 Å². The van der Waals surface area contributed by atoms with Crippen LogP contribution in [0.25, 0.3) is 0 Å². The maximum Gasteiger partial charge on any atom is 0.330 e. The molecule has 0 fully saturated rings. The van der Waals surface area contributed by atoms with Crippen molar-refractivity contribution >= 4 is 22.7 Å². The Kier molecular flexibility index (Phi) is 6.08. The lowest BCUT2D eigenvalue weighted by atomic mass is 10.1. The molecule has 0 saturated heterocycles. The van der Waals surface area contributed by atoms with E-state index in [1.807, 2.05) is 0 Å². The number of nitrogens with one attached hydrogen (secondary N) is 1. The van der Waals surface area contributed by atoms with Gasteiger partial charge in [0.2, 0.25) is 5.91 Å². The molecule has 7 nitrogen and oxygen atoms in total. The average Bonchev–Trinajstić information content (AvgIpc) is 2.70. The highest BCUT2D eigenvalue weighted by atomic mass is 32.2. The van der Waals surface area contributed by atoms with Crippen LogP contribution in [0.3, 0.4) is 0 Å². The smallest absolute Gasteiger partial charge is 0.330 e. The van der Waals surface area contributed by atoms with Crippen molar-refractivity contribution in [1.29, 1.82) is 0 Å². The Labute approximate surface area is 158 Å². The Bertz CT molecular complexity index is 855. The summed E-state index contributed by atoms with van der Waals surface area (Å²) in [5.41, 5.74) is 0.478. The van der Waals surface area contributed by atoms with E-state index in [1.165, 1.54) is 0 Å². The van der Waals surface area contributed by atoms with E-state index in [1.54, 1.807) is 48.5 Å². The Balaban J connectivity index is 1.58. The monoisotopic (exact) mass is 389 g/mol. The number of ether oxygens (including phenoxy) is 2. The third-order valence-electron chi connectivity index (χ3n) is 3.98. The summed E-state index contributed by atoms with van der Waals surface area (Å²) in [6, 6.07) is 12.3. The standard InChI is InChI=1S/C19H19NO6S/c21-17(20-18(19(22)23)13-4-2-1-3-5-13)8-11-27(24)14-6-7-15-16(12-14)26-10-9-25-15/h1-7,12,18H,8-11H2,(H,20,21)(H,22,23)/t18-,27?/m0/s1. The summed E-state index contributed by atoms with van der Waals surface area (Å²) >= 11 is 0. The van der Waals surface area contributed by atoms with Crippen molar-refractivity contribution < 1.29 is 28.4 Å². The molecule has 2 aromatic rings. The first-order valence-electron chi connectivity index (χ1n) is 8.40. The maximum absolute atomic E-state index is 12.4. The Morgan fingerprint density at radius 3 is 2.48 bits per heavy atom. The highest BCUT2D eigenvalue weighted by Crippen LogP contribution is 2.31. The number of hydrogen-bond donors (Lipinski definition) is 2. The molecule has 142 valence electrons. The topological polar surface area (TPSA) is 102 Å². The third-order valence-corrected chi connectivity index (χ3v) is 5.33. The molecule has 1 aliphatic rings. The molecule has 2 atom stereocenters. The normalized spacial score (nSPS) is 14.8. The third kappa shape index (κ3) is 4.85. The van der Waals surface area contributed by atoms with Crippen molar-refractivity contribution in [3.05, 3.63) is 54.1 Å². The van der Waals surface area contributed by atoms with Crippen LogP contribution in [0.5, 0.6) is 11.5 Å². The van der Waals surface area contributed by atoms with Crippen LogP contribution >= 0.6 is 0 Å². The van der Waals surface area contributed by atoms with Crippen LogP contribution in [-0.4, -0.2) is 40.2 Å². The predicted molar refractivity (Wildman–Crippen MR) is 98.3 cm³/mol. The SMILES string of the molecule is O=C(CCS(=O)c1ccc2c(c1)OCCO2)N[C@H](C(=O)O)c1ccccc1. The molecule has 3 rings (SSSR count). The van der Waals surface area contributed by atoms with Gasteiger partial charge in [0.05, 0.1) is 10.8 Å². The summed E-state index contributed by atoms with van der Waals surface area (Å²) in [6.45, 7) is 0.906. The van der Waals surface area contributed by atoms with Gasteiger partial charge in [0.25, 0.3) is 0 Å². The molecule has 1 unspecified atom stereocenters. The number of amides is 1. The Morgan fingerprint density at radius 2 is 1.78 bits per heavy atom. The number of fused-ring (bicyclic) bond motifs is 1. The zero-order chi connectivity index (χ0) is 19.2. The van der Waals surface area contributed by atoms with Gasteiger partial charge in [-0.3, -0.25) is 9.00 Å². The number of carbonyl (C=O) groups excluding carboxylic acids is 1. The van der Waals surface area contributed by atoms with Crippen molar-refractivity contribution in [2.45, 2.75) is 17.4 Å². The Hall–Kier alpha value is -2.87. The first-order chi connectivity index (χ1) is 13.0. The fourth-order valence-electron chi connectivity index (χ4n) is 2.63. The molecular weight excluding hydrogens is 370 g/mol. The summed E-state index contributed by atoms with van der Waals surface area (Å²) in [4.78, 5) is 24.1. The van der Waals surface area contributed by atoms with E-state index in [0.29, 0.717) is 35.2 Å². The molecule has 0 saturated carbocycles. The van der Waals surface area contributed by atoms with Crippen molar-refractivity contribution in [2.24, 2.45) is 0 Å². The molecule has 8 heteroatoms. The zero-order valence-corrected chi connectivity index (χ0v) is 15.2. The van der Waals surface area contributed by atoms with Gasteiger partial charge in [-0.05, 0) is 17.7 Å². The summed E-state index contributed by atoms with van der Waals surface area (Å²) < 4.78 is 23.3. The minimum atomic E-state index is -1.42. The molecule has 2 N–H and O–H groups in total. The van der Waals surface area contributed by atoms with Crippen LogP contribution in [-0.2, 0) is 20.4 Å². The molecular formula is C19H19NO6S.